The highest BCUT2D eigenvalue weighted by molar-refractivity contribution is 5.92. The zero-order valence-electron chi connectivity index (χ0n) is 8.97. The molecule has 1 atom stereocenters. The van der Waals surface area contributed by atoms with Gasteiger partial charge in [-0.2, -0.15) is 0 Å². The van der Waals surface area contributed by atoms with E-state index in [9.17, 15) is 14.4 Å². The summed E-state index contributed by atoms with van der Waals surface area (Å²) in [5, 5.41) is 8.41. The van der Waals surface area contributed by atoms with Gasteiger partial charge >= 0.3 is 17.9 Å². The second-order valence-corrected chi connectivity index (χ2v) is 2.99. The Morgan fingerprint density at radius 1 is 1.44 bits per heavy atom. The van der Waals surface area contributed by atoms with E-state index in [0.717, 1.165) is 6.08 Å². The van der Waals surface area contributed by atoms with Crippen molar-refractivity contribution < 1.29 is 29.0 Å². The summed E-state index contributed by atoms with van der Waals surface area (Å²) in [5.41, 5.74) is 0. The van der Waals surface area contributed by atoms with Crippen molar-refractivity contribution in [2.45, 2.75) is 13.3 Å². The molecule has 0 amide bonds. The minimum absolute atomic E-state index is 0.121. The number of carbonyl (C=O) groups excluding carboxylic acids is 3. The summed E-state index contributed by atoms with van der Waals surface area (Å²) in [6.45, 7) is 4.18. The van der Waals surface area contributed by atoms with Crippen LogP contribution in [0, 0.1) is 5.92 Å². The number of hydrogen-bond acceptors (Lipinski definition) is 6. The Bertz CT molecular complexity index is 283. The van der Waals surface area contributed by atoms with Gasteiger partial charge in [-0.1, -0.05) is 13.5 Å². The molecule has 0 saturated carbocycles. The van der Waals surface area contributed by atoms with Crippen LogP contribution in [0.5, 0.6) is 0 Å². The zero-order chi connectivity index (χ0) is 12.6. The predicted octanol–water partition coefficient (Wildman–Crippen LogP) is -0.196. The first-order chi connectivity index (χ1) is 7.51. The highest BCUT2D eigenvalue weighted by Gasteiger charge is 2.20. The van der Waals surface area contributed by atoms with Crippen LogP contribution in [0.15, 0.2) is 12.7 Å². The first-order valence-corrected chi connectivity index (χ1v) is 4.65. The number of hydrogen-bond donors (Lipinski definition) is 1. The van der Waals surface area contributed by atoms with Crippen molar-refractivity contribution in [1.29, 1.82) is 0 Å². The lowest BCUT2D eigenvalue weighted by molar-refractivity contribution is -0.161. The van der Waals surface area contributed by atoms with E-state index in [0.29, 0.717) is 0 Å². The Labute approximate surface area is 92.8 Å². The minimum atomic E-state index is -0.860. The minimum Gasteiger partial charge on any atom is -0.463 e. The third kappa shape index (κ3) is 5.92. The largest absolute Gasteiger partial charge is 0.463 e. The van der Waals surface area contributed by atoms with E-state index in [1.54, 1.807) is 0 Å². The monoisotopic (exact) mass is 230 g/mol. The molecule has 0 heterocycles. The van der Waals surface area contributed by atoms with Gasteiger partial charge in [0.2, 0.25) is 0 Å². The van der Waals surface area contributed by atoms with Gasteiger partial charge in [-0.05, 0) is 0 Å². The van der Waals surface area contributed by atoms with Gasteiger partial charge in [0.05, 0.1) is 18.9 Å². The molecular formula is C10H14O6. The van der Waals surface area contributed by atoms with Crippen molar-refractivity contribution in [3.8, 4) is 0 Å². The van der Waals surface area contributed by atoms with Crippen molar-refractivity contribution in [1.82, 2.24) is 0 Å². The van der Waals surface area contributed by atoms with E-state index in [4.69, 9.17) is 5.11 Å². The Morgan fingerprint density at radius 2 is 2.06 bits per heavy atom. The van der Waals surface area contributed by atoms with E-state index in [1.807, 2.05) is 0 Å². The van der Waals surface area contributed by atoms with Gasteiger partial charge in [-0.15, -0.1) is 0 Å². The summed E-state index contributed by atoms with van der Waals surface area (Å²) in [5.74, 6) is -3.03. The maximum Gasteiger partial charge on any atom is 0.337 e. The summed E-state index contributed by atoms with van der Waals surface area (Å²) in [6.07, 6.45) is 0.594. The average molecular weight is 230 g/mol. The second-order valence-electron chi connectivity index (χ2n) is 2.99. The molecule has 90 valence electrons. The molecule has 6 nitrogen and oxygen atoms in total. The normalized spacial score (nSPS) is 11.4. The second kappa shape index (κ2) is 7.58. The van der Waals surface area contributed by atoms with Crippen molar-refractivity contribution in [3.05, 3.63) is 12.7 Å². The van der Waals surface area contributed by atoms with Crippen molar-refractivity contribution in [2.75, 3.05) is 13.2 Å². The lowest BCUT2D eigenvalue weighted by Gasteiger charge is -2.09. The van der Waals surface area contributed by atoms with Crippen molar-refractivity contribution in [2.24, 2.45) is 5.92 Å². The van der Waals surface area contributed by atoms with E-state index >= 15 is 0 Å². The van der Waals surface area contributed by atoms with Gasteiger partial charge in [0.1, 0.15) is 6.61 Å². The van der Waals surface area contributed by atoms with Crippen LogP contribution in [0.3, 0.4) is 0 Å². The van der Waals surface area contributed by atoms with Gasteiger partial charge in [-0.25, -0.2) is 4.79 Å². The van der Waals surface area contributed by atoms with Gasteiger partial charge in [-0.3, -0.25) is 9.59 Å². The highest BCUT2D eigenvalue weighted by Crippen LogP contribution is 2.06. The van der Waals surface area contributed by atoms with Gasteiger partial charge in [0.15, 0.2) is 0 Å². The van der Waals surface area contributed by atoms with Crippen LogP contribution in [-0.2, 0) is 23.9 Å². The number of aliphatic hydroxyl groups is 1. The SMILES string of the molecule is C=CC(=O)OC(=O)CC(C)C(=O)OCCO. The van der Waals surface area contributed by atoms with Gasteiger partial charge < -0.3 is 14.6 Å². The molecule has 1 unspecified atom stereocenters. The highest BCUT2D eigenvalue weighted by atomic mass is 16.6. The van der Waals surface area contributed by atoms with Crippen LogP contribution in [0.4, 0.5) is 0 Å². The Balaban J connectivity index is 3.98. The molecule has 0 fully saturated rings. The van der Waals surface area contributed by atoms with Crippen LogP contribution >= 0.6 is 0 Å². The summed E-state index contributed by atoms with van der Waals surface area (Å²) in [7, 11) is 0. The number of ether oxygens (including phenoxy) is 2. The van der Waals surface area contributed by atoms with Crippen LogP contribution in [0.2, 0.25) is 0 Å². The summed E-state index contributed by atoms with van der Waals surface area (Å²) >= 11 is 0. The van der Waals surface area contributed by atoms with E-state index in [1.165, 1.54) is 6.92 Å². The zero-order valence-corrected chi connectivity index (χ0v) is 8.97. The molecule has 1 N–H and O–H groups in total. The molecule has 0 spiro atoms. The molecule has 0 rings (SSSR count). The quantitative estimate of drug-likeness (QED) is 0.386. The van der Waals surface area contributed by atoms with Crippen LogP contribution in [0.1, 0.15) is 13.3 Å². The molecule has 0 aromatic carbocycles. The van der Waals surface area contributed by atoms with Crippen molar-refractivity contribution in [3.63, 3.8) is 0 Å². The smallest absolute Gasteiger partial charge is 0.337 e. The van der Waals surface area contributed by atoms with E-state index < -0.39 is 23.8 Å². The van der Waals surface area contributed by atoms with Crippen LogP contribution in [0.25, 0.3) is 0 Å². The summed E-state index contributed by atoms with van der Waals surface area (Å²) < 4.78 is 8.86. The fourth-order valence-electron chi connectivity index (χ4n) is 0.817. The fourth-order valence-corrected chi connectivity index (χ4v) is 0.817. The van der Waals surface area contributed by atoms with Crippen molar-refractivity contribution >= 4 is 17.9 Å². The molecule has 16 heavy (non-hydrogen) atoms. The maximum absolute atomic E-state index is 11.1. The van der Waals surface area contributed by atoms with Crippen LogP contribution < -0.4 is 0 Å². The molecule has 0 aromatic rings. The molecule has 0 radical (unpaired) electrons. The number of rotatable bonds is 6. The lowest BCUT2D eigenvalue weighted by atomic mass is 10.1. The third-order valence-electron chi connectivity index (χ3n) is 1.59. The number of esters is 3. The Morgan fingerprint density at radius 3 is 2.56 bits per heavy atom. The van der Waals surface area contributed by atoms with Gasteiger partial charge in [0.25, 0.3) is 0 Å². The van der Waals surface area contributed by atoms with Crippen LogP contribution in [-0.4, -0.2) is 36.2 Å². The molecule has 0 aliphatic rings. The molecule has 6 heteroatoms. The predicted molar refractivity (Wildman–Crippen MR) is 53.1 cm³/mol. The summed E-state index contributed by atoms with van der Waals surface area (Å²) in [6, 6.07) is 0. The first kappa shape index (κ1) is 14.3. The molecule has 0 saturated heterocycles. The Kier molecular flexibility index (Phi) is 6.78. The maximum atomic E-state index is 11.1. The van der Waals surface area contributed by atoms with E-state index in [2.05, 4.69) is 16.1 Å². The molecular weight excluding hydrogens is 216 g/mol. The standard InChI is InChI=1S/C10H14O6/c1-3-8(12)16-9(13)6-7(2)10(14)15-5-4-11/h3,7,11H,1,4-6H2,2H3. The number of aliphatic hydroxyl groups excluding tert-OH is 1. The van der Waals surface area contributed by atoms with Gasteiger partial charge in [0, 0.05) is 6.08 Å². The Hall–Kier alpha value is -1.69. The molecule has 0 aliphatic carbocycles. The summed E-state index contributed by atoms with van der Waals surface area (Å²) in [4.78, 5) is 32.8. The number of carbonyl (C=O) groups is 3. The average Bonchev–Trinajstić information content (AvgIpc) is 2.25. The first-order valence-electron chi connectivity index (χ1n) is 4.65. The molecule has 0 bridgehead atoms. The fraction of sp³-hybridized carbons (Fsp3) is 0.500. The van der Waals surface area contributed by atoms with E-state index in [-0.39, 0.29) is 19.6 Å². The topological polar surface area (TPSA) is 89.9 Å². The lowest BCUT2D eigenvalue weighted by Crippen LogP contribution is -2.21. The molecule has 0 aliphatic heterocycles. The molecule has 0 aromatic heterocycles. The third-order valence-corrected chi connectivity index (χ3v) is 1.59.